The first-order chi connectivity index (χ1) is 9.10. The lowest BCUT2D eigenvalue weighted by Gasteiger charge is -2.12. The quantitative estimate of drug-likeness (QED) is 0.704. The first-order valence-electron chi connectivity index (χ1n) is 6.02. The molecule has 1 aliphatic carbocycles. The molecule has 5 heteroatoms. The number of carboxylic acids is 1. The van der Waals surface area contributed by atoms with Crippen LogP contribution < -0.4 is 5.32 Å². The molecule has 0 fully saturated rings. The zero-order valence-electron chi connectivity index (χ0n) is 10.2. The van der Waals surface area contributed by atoms with Gasteiger partial charge in [0.05, 0.1) is 12.5 Å². The highest BCUT2D eigenvalue weighted by molar-refractivity contribution is 5.94. The van der Waals surface area contributed by atoms with E-state index < -0.39 is 11.9 Å². The highest BCUT2D eigenvalue weighted by atomic mass is 16.4. The Hall–Kier alpha value is -2.14. The number of benzene rings is 1. The standard InChI is InChI=1S/C14H15NO4/c16-8-9-1-3-10(4-2-9)13(17)15-12-6-5-11(7-12)14(18)19/h1-6,11-12,16H,7-8H2,(H,15,17)(H,18,19). The molecule has 2 atom stereocenters. The molecule has 0 spiro atoms. The smallest absolute Gasteiger partial charge is 0.310 e. The van der Waals surface area contributed by atoms with E-state index >= 15 is 0 Å². The SMILES string of the molecule is O=C(NC1C=CC(C(=O)O)C1)c1ccc(CO)cc1. The summed E-state index contributed by atoms with van der Waals surface area (Å²) in [6.07, 6.45) is 3.69. The number of aliphatic hydroxyl groups is 1. The molecule has 1 amide bonds. The molecule has 0 aliphatic heterocycles. The Morgan fingerprint density at radius 3 is 2.42 bits per heavy atom. The first kappa shape index (κ1) is 13.3. The molecule has 19 heavy (non-hydrogen) atoms. The maximum atomic E-state index is 11.9. The monoisotopic (exact) mass is 261 g/mol. The molecule has 2 unspecified atom stereocenters. The second-order valence-electron chi connectivity index (χ2n) is 4.50. The van der Waals surface area contributed by atoms with Crippen LogP contribution >= 0.6 is 0 Å². The number of carbonyl (C=O) groups excluding carboxylic acids is 1. The van der Waals surface area contributed by atoms with Crippen LogP contribution in [-0.2, 0) is 11.4 Å². The Labute approximate surface area is 110 Å². The number of hydrogen-bond acceptors (Lipinski definition) is 3. The van der Waals surface area contributed by atoms with Gasteiger partial charge in [0.1, 0.15) is 0 Å². The Morgan fingerprint density at radius 1 is 1.21 bits per heavy atom. The van der Waals surface area contributed by atoms with E-state index in [1.54, 1.807) is 36.4 Å². The molecule has 1 aromatic rings. The molecule has 0 aromatic heterocycles. The second-order valence-corrected chi connectivity index (χ2v) is 4.50. The Balaban J connectivity index is 1.94. The highest BCUT2D eigenvalue weighted by Crippen LogP contribution is 2.18. The molecule has 5 nitrogen and oxygen atoms in total. The average molecular weight is 261 g/mol. The van der Waals surface area contributed by atoms with Gasteiger partial charge in [-0.3, -0.25) is 9.59 Å². The van der Waals surface area contributed by atoms with Crippen molar-refractivity contribution in [2.75, 3.05) is 0 Å². The van der Waals surface area contributed by atoms with Crippen LogP contribution in [0.1, 0.15) is 22.3 Å². The molecule has 0 saturated heterocycles. The first-order valence-corrected chi connectivity index (χ1v) is 6.02. The van der Waals surface area contributed by atoms with Crippen molar-refractivity contribution >= 4 is 11.9 Å². The topological polar surface area (TPSA) is 86.6 Å². The molecule has 0 saturated carbocycles. The van der Waals surface area contributed by atoms with Crippen LogP contribution in [-0.4, -0.2) is 28.1 Å². The van der Waals surface area contributed by atoms with E-state index in [2.05, 4.69) is 5.32 Å². The van der Waals surface area contributed by atoms with Crippen molar-refractivity contribution in [2.45, 2.75) is 19.1 Å². The molecule has 3 N–H and O–H groups in total. The predicted octanol–water partition coefficient (Wildman–Crippen LogP) is 0.938. The van der Waals surface area contributed by atoms with Gasteiger partial charge in [-0.05, 0) is 24.1 Å². The number of carboxylic acid groups (broad SMARTS) is 1. The minimum atomic E-state index is -0.875. The van der Waals surface area contributed by atoms with E-state index in [-0.39, 0.29) is 18.6 Å². The van der Waals surface area contributed by atoms with Crippen molar-refractivity contribution in [3.05, 3.63) is 47.5 Å². The number of carbonyl (C=O) groups is 2. The molecule has 100 valence electrons. The van der Waals surface area contributed by atoms with E-state index in [0.29, 0.717) is 12.0 Å². The summed E-state index contributed by atoms with van der Waals surface area (Å²) in [7, 11) is 0. The van der Waals surface area contributed by atoms with Gasteiger partial charge in [0, 0.05) is 11.6 Å². The summed E-state index contributed by atoms with van der Waals surface area (Å²) in [4.78, 5) is 22.7. The fourth-order valence-electron chi connectivity index (χ4n) is 2.00. The molecular weight excluding hydrogens is 246 g/mol. The van der Waals surface area contributed by atoms with Gasteiger partial charge < -0.3 is 15.5 Å². The maximum absolute atomic E-state index is 11.9. The Bertz CT molecular complexity index is 507. The number of nitrogens with one attached hydrogen (secondary N) is 1. The lowest BCUT2D eigenvalue weighted by Crippen LogP contribution is -2.33. The summed E-state index contributed by atoms with van der Waals surface area (Å²) in [6.45, 7) is -0.0620. The normalized spacial score (nSPS) is 21.3. The van der Waals surface area contributed by atoms with Crippen molar-refractivity contribution < 1.29 is 19.8 Å². The third kappa shape index (κ3) is 3.20. The van der Waals surface area contributed by atoms with Crippen LogP contribution in [0.4, 0.5) is 0 Å². The summed E-state index contributed by atoms with van der Waals surface area (Å²) < 4.78 is 0. The van der Waals surface area contributed by atoms with Gasteiger partial charge >= 0.3 is 5.97 Å². The molecule has 1 aliphatic rings. The van der Waals surface area contributed by atoms with E-state index in [1.165, 1.54) is 0 Å². The third-order valence-corrected chi connectivity index (χ3v) is 3.12. The molecule has 2 rings (SSSR count). The van der Waals surface area contributed by atoms with E-state index in [9.17, 15) is 9.59 Å². The van der Waals surface area contributed by atoms with Crippen molar-refractivity contribution in [1.29, 1.82) is 0 Å². The van der Waals surface area contributed by atoms with Gasteiger partial charge in [0.15, 0.2) is 0 Å². The fraction of sp³-hybridized carbons (Fsp3) is 0.286. The number of aliphatic hydroxyl groups excluding tert-OH is 1. The predicted molar refractivity (Wildman–Crippen MR) is 68.5 cm³/mol. The van der Waals surface area contributed by atoms with Crippen LogP contribution in [0.3, 0.4) is 0 Å². The maximum Gasteiger partial charge on any atom is 0.310 e. The largest absolute Gasteiger partial charge is 0.481 e. The van der Waals surface area contributed by atoms with Crippen molar-refractivity contribution in [1.82, 2.24) is 5.32 Å². The fourth-order valence-corrected chi connectivity index (χ4v) is 2.00. The highest BCUT2D eigenvalue weighted by Gasteiger charge is 2.25. The van der Waals surface area contributed by atoms with Crippen molar-refractivity contribution in [3.63, 3.8) is 0 Å². The molecular formula is C14H15NO4. The summed E-state index contributed by atoms with van der Waals surface area (Å²) >= 11 is 0. The number of hydrogen-bond donors (Lipinski definition) is 3. The van der Waals surface area contributed by atoms with Crippen molar-refractivity contribution in [2.24, 2.45) is 5.92 Å². The van der Waals surface area contributed by atoms with Gasteiger partial charge in [-0.2, -0.15) is 0 Å². The zero-order valence-corrected chi connectivity index (χ0v) is 10.2. The molecule has 0 heterocycles. The summed E-state index contributed by atoms with van der Waals surface area (Å²) in [5.74, 6) is -1.65. The molecule has 0 bridgehead atoms. The summed E-state index contributed by atoms with van der Waals surface area (Å²) in [6, 6.07) is 6.38. The van der Waals surface area contributed by atoms with Crippen LogP contribution in [0, 0.1) is 5.92 Å². The molecule has 0 radical (unpaired) electrons. The van der Waals surface area contributed by atoms with Gasteiger partial charge in [-0.25, -0.2) is 0 Å². The van der Waals surface area contributed by atoms with Gasteiger partial charge in [0.25, 0.3) is 5.91 Å². The van der Waals surface area contributed by atoms with Crippen LogP contribution in [0.25, 0.3) is 0 Å². The lowest BCUT2D eigenvalue weighted by molar-refractivity contribution is -0.140. The van der Waals surface area contributed by atoms with Gasteiger partial charge in [0.2, 0.25) is 0 Å². The third-order valence-electron chi connectivity index (χ3n) is 3.12. The van der Waals surface area contributed by atoms with Crippen LogP contribution in [0.5, 0.6) is 0 Å². The summed E-state index contributed by atoms with van der Waals surface area (Å²) in [5.41, 5.74) is 1.23. The minimum Gasteiger partial charge on any atom is -0.481 e. The Morgan fingerprint density at radius 2 is 1.89 bits per heavy atom. The van der Waals surface area contributed by atoms with Gasteiger partial charge in [-0.1, -0.05) is 24.3 Å². The van der Waals surface area contributed by atoms with E-state index in [0.717, 1.165) is 5.56 Å². The molecule has 1 aromatic carbocycles. The van der Waals surface area contributed by atoms with Crippen LogP contribution in [0.15, 0.2) is 36.4 Å². The van der Waals surface area contributed by atoms with Crippen LogP contribution in [0.2, 0.25) is 0 Å². The van der Waals surface area contributed by atoms with E-state index in [4.69, 9.17) is 10.2 Å². The number of aliphatic carboxylic acids is 1. The summed E-state index contributed by atoms with van der Waals surface area (Å²) in [5, 5.41) is 20.5. The van der Waals surface area contributed by atoms with E-state index in [1.807, 2.05) is 0 Å². The minimum absolute atomic E-state index is 0.0620. The van der Waals surface area contributed by atoms with Gasteiger partial charge in [-0.15, -0.1) is 0 Å². The number of amides is 1. The second kappa shape index (κ2) is 5.67. The zero-order chi connectivity index (χ0) is 13.8. The Kier molecular flexibility index (Phi) is 3.97. The lowest BCUT2D eigenvalue weighted by atomic mass is 10.1. The number of rotatable bonds is 4. The van der Waals surface area contributed by atoms with Crippen molar-refractivity contribution in [3.8, 4) is 0 Å². The average Bonchev–Trinajstić information content (AvgIpc) is 2.87.